The lowest BCUT2D eigenvalue weighted by Crippen LogP contribution is -2.41. The molecular formula is C15H23BrN2O3. The molecule has 0 bridgehead atoms. The topological polar surface area (TPSA) is 61.1 Å². The molecule has 0 unspecified atom stereocenters. The molecule has 0 aromatic carbocycles. The molecule has 1 atom stereocenters. The molecule has 1 heterocycles. The lowest BCUT2D eigenvalue weighted by atomic mass is 10.1. The summed E-state index contributed by atoms with van der Waals surface area (Å²) in [6.07, 6.45) is 6.79. The van der Waals surface area contributed by atoms with Gasteiger partial charge < -0.3 is 0 Å². The van der Waals surface area contributed by atoms with Gasteiger partial charge in [0.1, 0.15) is 5.56 Å². The fraction of sp³-hybridized carbons (Fsp3) is 0.667. The summed E-state index contributed by atoms with van der Waals surface area (Å²) in [7, 11) is 1.41. The van der Waals surface area contributed by atoms with Gasteiger partial charge in [0.2, 0.25) is 0 Å². The third kappa shape index (κ3) is 4.40. The summed E-state index contributed by atoms with van der Waals surface area (Å²) < 4.78 is 2.52. The molecule has 5 nitrogen and oxygen atoms in total. The average Bonchev–Trinajstić information content (AvgIpc) is 2.48. The average molecular weight is 359 g/mol. The van der Waals surface area contributed by atoms with Crippen molar-refractivity contribution >= 4 is 21.7 Å². The van der Waals surface area contributed by atoms with Crippen molar-refractivity contribution in [3.63, 3.8) is 0 Å². The number of unbranched alkanes of at least 4 members (excludes halogenated alkanes) is 3. The maximum absolute atomic E-state index is 12.2. The highest BCUT2D eigenvalue weighted by Gasteiger charge is 2.17. The molecule has 0 N–H and O–H groups in total. The van der Waals surface area contributed by atoms with Crippen molar-refractivity contribution in [1.29, 1.82) is 0 Å². The minimum Gasteiger partial charge on any atom is -0.297 e. The number of rotatable bonds is 8. The monoisotopic (exact) mass is 358 g/mol. The zero-order chi connectivity index (χ0) is 16.0. The Hall–Kier alpha value is -1.17. The van der Waals surface area contributed by atoms with Gasteiger partial charge in [-0.3, -0.25) is 18.7 Å². The highest BCUT2D eigenvalue weighted by molar-refractivity contribution is 9.09. The van der Waals surface area contributed by atoms with Gasteiger partial charge in [-0.2, -0.15) is 0 Å². The minimum atomic E-state index is -0.529. The molecule has 0 aliphatic heterocycles. The zero-order valence-electron chi connectivity index (χ0n) is 12.9. The highest BCUT2D eigenvalue weighted by atomic mass is 79.9. The van der Waals surface area contributed by atoms with Crippen LogP contribution in [-0.2, 0) is 7.05 Å². The highest BCUT2D eigenvalue weighted by Crippen LogP contribution is 2.14. The van der Waals surface area contributed by atoms with Gasteiger partial charge in [0, 0.05) is 19.3 Å². The molecular weight excluding hydrogens is 336 g/mol. The second-order valence-corrected chi connectivity index (χ2v) is 5.91. The van der Waals surface area contributed by atoms with E-state index >= 15 is 0 Å². The number of carbonyl (C=O) groups is 1. The van der Waals surface area contributed by atoms with E-state index in [4.69, 9.17) is 0 Å². The van der Waals surface area contributed by atoms with Crippen LogP contribution in [0.15, 0.2) is 15.8 Å². The van der Waals surface area contributed by atoms with Gasteiger partial charge in [0.05, 0.1) is 5.33 Å². The first kappa shape index (κ1) is 17.9. The van der Waals surface area contributed by atoms with Crippen LogP contribution in [0.25, 0.3) is 0 Å². The Kier molecular flexibility index (Phi) is 7.08. The normalized spacial score (nSPS) is 12.4. The standard InChI is InChI=1S/C15H23BrN2O3/c1-4-5-6-7-8-11(2)18-10-12(13(19)9-16)14(20)17(3)15(18)21/h10-11H,4-9H2,1-3H3/t11-/m0/s1. The molecule has 0 aliphatic carbocycles. The summed E-state index contributed by atoms with van der Waals surface area (Å²) in [4.78, 5) is 36.0. The van der Waals surface area contributed by atoms with Crippen LogP contribution in [0.2, 0.25) is 0 Å². The van der Waals surface area contributed by atoms with Gasteiger partial charge in [-0.05, 0) is 13.3 Å². The Morgan fingerprint density at radius 3 is 2.52 bits per heavy atom. The third-order valence-corrected chi connectivity index (χ3v) is 4.19. The summed E-state index contributed by atoms with van der Waals surface area (Å²) in [6.45, 7) is 4.10. The fourth-order valence-corrected chi connectivity index (χ4v) is 2.58. The number of ketones is 1. The van der Waals surface area contributed by atoms with Crippen molar-refractivity contribution in [3.8, 4) is 0 Å². The van der Waals surface area contributed by atoms with Crippen LogP contribution < -0.4 is 11.2 Å². The first-order valence-corrected chi connectivity index (χ1v) is 8.47. The van der Waals surface area contributed by atoms with Crippen LogP contribution in [0.1, 0.15) is 62.4 Å². The summed E-state index contributed by atoms with van der Waals surface area (Å²) in [5.74, 6) is -0.303. The number of alkyl halides is 1. The molecule has 0 saturated carbocycles. The predicted octanol–water partition coefficient (Wildman–Crippen LogP) is 2.66. The molecule has 1 aromatic rings. The van der Waals surface area contributed by atoms with E-state index in [0.717, 1.165) is 30.3 Å². The van der Waals surface area contributed by atoms with E-state index in [2.05, 4.69) is 22.9 Å². The summed E-state index contributed by atoms with van der Waals surface area (Å²) in [6, 6.07) is -0.0250. The van der Waals surface area contributed by atoms with Gasteiger partial charge >= 0.3 is 5.69 Å². The van der Waals surface area contributed by atoms with Crippen LogP contribution in [0.5, 0.6) is 0 Å². The van der Waals surface area contributed by atoms with E-state index in [0.29, 0.717) is 0 Å². The predicted molar refractivity (Wildman–Crippen MR) is 87.5 cm³/mol. The molecule has 21 heavy (non-hydrogen) atoms. The number of nitrogens with zero attached hydrogens (tertiary/aromatic N) is 2. The maximum atomic E-state index is 12.2. The van der Waals surface area contributed by atoms with Gasteiger partial charge in [-0.1, -0.05) is 48.5 Å². The van der Waals surface area contributed by atoms with Crippen molar-refractivity contribution < 1.29 is 4.79 Å². The molecule has 0 spiro atoms. The van der Waals surface area contributed by atoms with Crippen LogP contribution in [0.4, 0.5) is 0 Å². The van der Waals surface area contributed by atoms with Crippen LogP contribution in [0, 0.1) is 0 Å². The fourth-order valence-electron chi connectivity index (χ4n) is 2.27. The van der Waals surface area contributed by atoms with Crippen molar-refractivity contribution in [3.05, 3.63) is 32.6 Å². The van der Waals surface area contributed by atoms with Gasteiger partial charge in [-0.25, -0.2) is 4.79 Å². The van der Waals surface area contributed by atoms with Crippen LogP contribution >= 0.6 is 15.9 Å². The van der Waals surface area contributed by atoms with Gasteiger partial charge in [0.15, 0.2) is 5.78 Å². The number of hydrogen-bond acceptors (Lipinski definition) is 3. The number of Topliss-reactive ketones (excluding diaryl/α,β-unsaturated/α-hetero) is 1. The molecule has 1 rings (SSSR count). The van der Waals surface area contributed by atoms with E-state index in [9.17, 15) is 14.4 Å². The van der Waals surface area contributed by atoms with E-state index in [1.165, 1.54) is 24.2 Å². The lowest BCUT2D eigenvalue weighted by molar-refractivity contribution is 0.102. The van der Waals surface area contributed by atoms with Crippen LogP contribution in [0.3, 0.4) is 0 Å². The van der Waals surface area contributed by atoms with Crippen molar-refractivity contribution in [2.45, 2.75) is 52.0 Å². The van der Waals surface area contributed by atoms with Gasteiger partial charge in [-0.15, -0.1) is 0 Å². The Bertz CT molecular complexity index is 604. The van der Waals surface area contributed by atoms with E-state index < -0.39 is 5.56 Å². The summed E-state index contributed by atoms with van der Waals surface area (Å²) in [5, 5.41) is 0.0747. The van der Waals surface area contributed by atoms with E-state index in [1.807, 2.05) is 6.92 Å². The SMILES string of the molecule is CCCCCC[C@H](C)n1cc(C(=O)CBr)c(=O)n(C)c1=O. The van der Waals surface area contributed by atoms with Crippen molar-refractivity contribution in [2.75, 3.05) is 5.33 Å². The third-order valence-electron chi connectivity index (χ3n) is 3.68. The Morgan fingerprint density at radius 2 is 1.95 bits per heavy atom. The van der Waals surface area contributed by atoms with E-state index in [-0.39, 0.29) is 28.4 Å². The lowest BCUT2D eigenvalue weighted by Gasteiger charge is -2.17. The zero-order valence-corrected chi connectivity index (χ0v) is 14.5. The minimum absolute atomic E-state index is 0.0250. The summed E-state index contributed by atoms with van der Waals surface area (Å²) >= 11 is 3.06. The first-order valence-electron chi connectivity index (χ1n) is 7.35. The van der Waals surface area contributed by atoms with Gasteiger partial charge in [0.25, 0.3) is 5.56 Å². The molecule has 0 fully saturated rings. The Labute approximate surface area is 133 Å². The van der Waals surface area contributed by atoms with Crippen molar-refractivity contribution in [1.82, 2.24) is 9.13 Å². The van der Waals surface area contributed by atoms with Crippen molar-refractivity contribution in [2.24, 2.45) is 7.05 Å². The number of hydrogen-bond donors (Lipinski definition) is 0. The van der Waals surface area contributed by atoms with Crippen LogP contribution in [-0.4, -0.2) is 20.2 Å². The first-order chi connectivity index (χ1) is 9.93. The summed E-state index contributed by atoms with van der Waals surface area (Å²) in [5.41, 5.74) is -0.831. The second-order valence-electron chi connectivity index (χ2n) is 5.35. The maximum Gasteiger partial charge on any atom is 0.330 e. The molecule has 6 heteroatoms. The number of aromatic nitrogens is 2. The molecule has 1 aromatic heterocycles. The molecule has 0 saturated heterocycles. The molecule has 0 amide bonds. The smallest absolute Gasteiger partial charge is 0.297 e. The number of carbonyl (C=O) groups excluding carboxylic acids is 1. The quantitative estimate of drug-likeness (QED) is 0.407. The Morgan fingerprint density at radius 1 is 1.29 bits per heavy atom. The van der Waals surface area contributed by atoms with E-state index in [1.54, 1.807) is 0 Å². The second kappa shape index (κ2) is 8.32. The Balaban J connectivity index is 3.07. The molecule has 0 aliphatic rings. The number of halogens is 1. The molecule has 0 radical (unpaired) electrons. The molecule has 118 valence electrons. The largest absolute Gasteiger partial charge is 0.330 e.